The molecule has 0 aliphatic carbocycles. The van der Waals surface area contributed by atoms with Gasteiger partial charge in [0, 0.05) is 6.42 Å². The van der Waals surface area contributed by atoms with Gasteiger partial charge in [0.25, 0.3) is 0 Å². The average molecular weight is 269 g/mol. The van der Waals surface area contributed by atoms with Crippen molar-refractivity contribution in [2.75, 3.05) is 11.9 Å². The van der Waals surface area contributed by atoms with Crippen LogP contribution in [-0.2, 0) is 4.79 Å². The van der Waals surface area contributed by atoms with Gasteiger partial charge in [0.1, 0.15) is 0 Å². The van der Waals surface area contributed by atoms with Gasteiger partial charge in [-0.25, -0.2) is 0 Å². The Hall–Kier alpha value is -1.06. The van der Waals surface area contributed by atoms with E-state index in [1.807, 2.05) is 12.1 Å². The Kier molecular flexibility index (Phi) is 6.16. The first kappa shape index (κ1) is 15.0. The first-order valence-corrected chi connectivity index (χ1v) is 6.65. The second kappa shape index (κ2) is 7.39. The summed E-state index contributed by atoms with van der Waals surface area (Å²) in [5.41, 5.74) is 6.34. The highest BCUT2D eigenvalue weighted by Crippen LogP contribution is 2.21. The Labute approximate surface area is 114 Å². The summed E-state index contributed by atoms with van der Waals surface area (Å²) in [4.78, 5) is 11.9. The van der Waals surface area contributed by atoms with Crippen LogP contribution in [0, 0.1) is 11.8 Å². The molecule has 0 saturated carbocycles. The van der Waals surface area contributed by atoms with E-state index in [2.05, 4.69) is 19.2 Å². The predicted octanol–water partition coefficient (Wildman–Crippen LogP) is 3.29. The molecule has 0 heterocycles. The van der Waals surface area contributed by atoms with E-state index in [1.165, 1.54) is 0 Å². The van der Waals surface area contributed by atoms with Gasteiger partial charge in [-0.15, -0.1) is 0 Å². The summed E-state index contributed by atoms with van der Waals surface area (Å²) < 4.78 is 0. The van der Waals surface area contributed by atoms with Crippen molar-refractivity contribution in [1.29, 1.82) is 0 Å². The molecule has 18 heavy (non-hydrogen) atoms. The number of amides is 1. The highest BCUT2D eigenvalue weighted by molar-refractivity contribution is 6.33. The van der Waals surface area contributed by atoms with Crippen LogP contribution in [0.15, 0.2) is 24.3 Å². The Morgan fingerprint density at radius 2 is 2.06 bits per heavy atom. The number of nitrogens with one attached hydrogen (secondary N) is 1. The van der Waals surface area contributed by atoms with Gasteiger partial charge in [0.05, 0.1) is 10.7 Å². The SMILES string of the molecule is CC(C)CC(CN)CC(=O)Nc1ccccc1Cl. The normalized spacial score (nSPS) is 12.5. The molecule has 0 aromatic heterocycles. The van der Waals surface area contributed by atoms with Crippen LogP contribution in [0.2, 0.25) is 5.02 Å². The third kappa shape index (κ3) is 5.07. The lowest BCUT2D eigenvalue weighted by Crippen LogP contribution is -2.23. The molecule has 1 aromatic rings. The predicted molar refractivity (Wildman–Crippen MR) is 76.7 cm³/mol. The first-order valence-electron chi connectivity index (χ1n) is 6.27. The van der Waals surface area contributed by atoms with Gasteiger partial charge in [-0.3, -0.25) is 4.79 Å². The molecule has 0 radical (unpaired) electrons. The van der Waals surface area contributed by atoms with Crippen LogP contribution in [0.1, 0.15) is 26.7 Å². The molecule has 1 rings (SSSR count). The van der Waals surface area contributed by atoms with Crippen LogP contribution in [-0.4, -0.2) is 12.5 Å². The summed E-state index contributed by atoms with van der Waals surface area (Å²) in [6, 6.07) is 7.22. The summed E-state index contributed by atoms with van der Waals surface area (Å²) in [5, 5.41) is 3.38. The van der Waals surface area contributed by atoms with Crippen LogP contribution in [0.4, 0.5) is 5.69 Å². The minimum absolute atomic E-state index is 0.0285. The summed E-state index contributed by atoms with van der Waals surface area (Å²) in [5.74, 6) is 0.748. The number of nitrogens with two attached hydrogens (primary N) is 1. The molecule has 0 saturated heterocycles. The van der Waals surface area contributed by atoms with Gasteiger partial charge >= 0.3 is 0 Å². The number of carbonyl (C=O) groups excluding carboxylic acids is 1. The summed E-state index contributed by atoms with van der Waals surface area (Å²) in [6.07, 6.45) is 1.41. The fourth-order valence-corrected chi connectivity index (χ4v) is 2.14. The molecule has 1 aromatic carbocycles. The molecule has 3 nitrogen and oxygen atoms in total. The van der Waals surface area contributed by atoms with Gasteiger partial charge in [-0.05, 0) is 36.9 Å². The number of para-hydroxylation sites is 1. The van der Waals surface area contributed by atoms with Crippen molar-refractivity contribution < 1.29 is 4.79 Å². The van der Waals surface area contributed by atoms with E-state index >= 15 is 0 Å². The molecule has 3 N–H and O–H groups in total. The van der Waals surface area contributed by atoms with E-state index in [0.29, 0.717) is 29.6 Å². The van der Waals surface area contributed by atoms with Crippen LogP contribution in [0.25, 0.3) is 0 Å². The highest BCUT2D eigenvalue weighted by atomic mass is 35.5. The molecule has 1 atom stereocenters. The monoisotopic (exact) mass is 268 g/mol. The molecule has 1 unspecified atom stereocenters. The second-order valence-electron chi connectivity index (χ2n) is 4.96. The summed E-state index contributed by atoms with van der Waals surface area (Å²) in [7, 11) is 0. The molecule has 0 aliphatic rings. The lowest BCUT2D eigenvalue weighted by atomic mass is 9.94. The number of halogens is 1. The van der Waals surface area contributed by atoms with Gasteiger partial charge in [-0.2, -0.15) is 0 Å². The van der Waals surface area contributed by atoms with Crippen molar-refractivity contribution >= 4 is 23.2 Å². The second-order valence-corrected chi connectivity index (χ2v) is 5.37. The molecule has 4 heteroatoms. The Bertz CT molecular complexity index is 393. The number of benzene rings is 1. The zero-order valence-electron chi connectivity index (χ0n) is 10.9. The largest absolute Gasteiger partial charge is 0.330 e. The lowest BCUT2D eigenvalue weighted by Gasteiger charge is -2.16. The molecule has 1 amide bonds. The summed E-state index contributed by atoms with van der Waals surface area (Å²) in [6.45, 7) is 4.80. The quantitative estimate of drug-likeness (QED) is 0.832. The molecule has 0 bridgehead atoms. The number of rotatable bonds is 6. The minimum atomic E-state index is -0.0285. The fraction of sp³-hybridized carbons (Fsp3) is 0.500. The fourth-order valence-electron chi connectivity index (χ4n) is 1.96. The van der Waals surface area contributed by atoms with E-state index < -0.39 is 0 Å². The minimum Gasteiger partial charge on any atom is -0.330 e. The maximum atomic E-state index is 11.9. The maximum Gasteiger partial charge on any atom is 0.224 e. The zero-order chi connectivity index (χ0) is 13.5. The zero-order valence-corrected chi connectivity index (χ0v) is 11.7. The maximum absolute atomic E-state index is 11.9. The standard InChI is InChI=1S/C14H21ClN2O/c1-10(2)7-11(9-16)8-14(18)17-13-6-4-3-5-12(13)15/h3-6,10-11H,7-9,16H2,1-2H3,(H,17,18). The number of carbonyl (C=O) groups is 1. The number of hydrogen-bond acceptors (Lipinski definition) is 2. The van der Waals surface area contributed by atoms with Crippen molar-refractivity contribution in [2.45, 2.75) is 26.7 Å². The van der Waals surface area contributed by atoms with Crippen LogP contribution in [0.3, 0.4) is 0 Å². The lowest BCUT2D eigenvalue weighted by molar-refractivity contribution is -0.117. The third-order valence-electron chi connectivity index (χ3n) is 2.76. The highest BCUT2D eigenvalue weighted by Gasteiger charge is 2.14. The average Bonchev–Trinajstić information content (AvgIpc) is 2.30. The van der Waals surface area contributed by atoms with Crippen molar-refractivity contribution in [2.24, 2.45) is 17.6 Å². The van der Waals surface area contributed by atoms with Crippen molar-refractivity contribution in [1.82, 2.24) is 0 Å². The molecule has 0 fully saturated rings. The Morgan fingerprint density at radius 3 is 2.61 bits per heavy atom. The van der Waals surface area contributed by atoms with E-state index in [1.54, 1.807) is 12.1 Å². The molecular weight excluding hydrogens is 248 g/mol. The van der Waals surface area contributed by atoms with Crippen LogP contribution in [0.5, 0.6) is 0 Å². The Balaban J connectivity index is 2.53. The van der Waals surface area contributed by atoms with E-state index in [4.69, 9.17) is 17.3 Å². The molecule has 100 valence electrons. The van der Waals surface area contributed by atoms with Gasteiger partial charge in [0.15, 0.2) is 0 Å². The van der Waals surface area contributed by atoms with Crippen LogP contribution >= 0.6 is 11.6 Å². The Morgan fingerprint density at radius 1 is 1.39 bits per heavy atom. The molecule has 0 aliphatic heterocycles. The smallest absolute Gasteiger partial charge is 0.224 e. The van der Waals surface area contributed by atoms with Crippen molar-refractivity contribution in [3.05, 3.63) is 29.3 Å². The van der Waals surface area contributed by atoms with E-state index in [9.17, 15) is 4.79 Å². The van der Waals surface area contributed by atoms with Crippen LogP contribution < -0.4 is 11.1 Å². The van der Waals surface area contributed by atoms with Gasteiger partial charge in [0.2, 0.25) is 5.91 Å². The van der Waals surface area contributed by atoms with Gasteiger partial charge in [-0.1, -0.05) is 37.6 Å². The number of hydrogen-bond donors (Lipinski definition) is 2. The van der Waals surface area contributed by atoms with Crippen molar-refractivity contribution in [3.63, 3.8) is 0 Å². The number of anilines is 1. The summed E-state index contributed by atoms with van der Waals surface area (Å²) >= 11 is 5.98. The van der Waals surface area contributed by atoms with E-state index in [-0.39, 0.29) is 11.8 Å². The third-order valence-corrected chi connectivity index (χ3v) is 3.09. The van der Waals surface area contributed by atoms with E-state index in [0.717, 1.165) is 6.42 Å². The molecular formula is C14H21ClN2O. The van der Waals surface area contributed by atoms with Gasteiger partial charge < -0.3 is 11.1 Å². The first-order chi connectivity index (χ1) is 8.52. The topological polar surface area (TPSA) is 55.1 Å². The van der Waals surface area contributed by atoms with Crippen molar-refractivity contribution in [3.8, 4) is 0 Å². The molecule has 0 spiro atoms.